The second-order valence-corrected chi connectivity index (χ2v) is 12.4. The van der Waals surface area contributed by atoms with Crippen LogP contribution in [0.3, 0.4) is 0 Å². The fraction of sp³-hybridized carbons (Fsp3) is 0.929. The summed E-state index contributed by atoms with van der Waals surface area (Å²) in [6.07, 6.45) is 10.1. The summed E-state index contributed by atoms with van der Waals surface area (Å²) in [5.74, 6) is 3.06. The summed E-state index contributed by atoms with van der Waals surface area (Å²) < 4.78 is 5.51. The van der Waals surface area contributed by atoms with Crippen LogP contribution >= 0.6 is 0 Å². The first-order valence-corrected chi connectivity index (χ1v) is 13.3. The molecule has 0 bridgehead atoms. The van der Waals surface area contributed by atoms with Gasteiger partial charge >= 0.3 is 5.97 Å². The highest BCUT2D eigenvalue weighted by atomic mass is 16.5. The molecule has 0 aromatic carbocycles. The van der Waals surface area contributed by atoms with Crippen LogP contribution < -0.4 is 0 Å². The average Bonchev–Trinajstić information content (AvgIpc) is 3.04. The van der Waals surface area contributed by atoms with Crippen LogP contribution in [0.2, 0.25) is 0 Å². The Hall–Kier alpha value is -0.900. The molecule has 8 atom stereocenters. The Balaban J connectivity index is 1.76. The van der Waals surface area contributed by atoms with Gasteiger partial charge in [0.2, 0.25) is 0 Å². The van der Waals surface area contributed by atoms with E-state index in [0.29, 0.717) is 29.5 Å². The van der Waals surface area contributed by atoms with Crippen LogP contribution in [0.5, 0.6) is 0 Å². The zero-order valence-corrected chi connectivity index (χ0v) is 21.5. The molecule has 3 saturated carbocycles. The van der Waals surface area contributed by atoms with Gasteiger partial charge in [-0.15, -0.1) is 0 Å². The van der Waals surface area contributed by atoms with Gasteiger partial charge in [0.25, 0.3) is 0 Å². The second-order valence-electron chi connectivity index (χ2n) is 12.4. The van der Waals surface area contributed by atoms with Crippen molar-refractivity contribution < 1.29 is 19.4 Å². The predicted octanol–water partition coefficient (Wildman–Crippen LogP) is 6.19. The lowest BCUT2D eigenvalue weighted by Gasteiger charge is -2.51. The highest BCUT2D eigenvalue weighted by molar-refractivity contribution is 5.88. The molecule has 3 rings (SSSR count). The minimum absolute atomic E-state index is 0.0211. The van der Waals surface area contributed by atoms with Crippen LogP contribution in [0.15, 0.2) is 0 Å². The molecule has 3 aliphatic rings. The fourth-order valence-electron chi connectivity index (χ4n) is 8.08. The van der Waals surface area contributed by atoms with E-state index in [1.54, 1.807) is 0 Å². The van der Waals surface area contributed by atoms with Crippen LogP contribution in [-0.2, 0) is 14.3 Å². The Morgan fingerprint density at radius 2 is 1.81 bits per heavy atom. The van der Waals surface area contributed by atoms with Crippen molar-refractivity contribution >= 4 is 11.8 Å². The number of fused-ring (bicyclic) bond motifs is 1. The van der Waals surface area contributed by atoms with Crippen LogP contribution in [0, 0.1) is 46.3 Å². The van der Waals surface area contributed by atoms with E-state index in [1.807, 2.05) is 0 Å². The smallest absolute Gasteiger partial charge is 0.302 e. The van der Waals surface area contributed by atoms with Gasteiger partial charge < -0.3 is 9.84 Å². The molecule has 32 heavy (non-hydrogen) atoms. The molecule has 0 spiro atoms. The summed E-state index contributed by atoms with van der Waals surface area (Å²) in [4.78, 5) is 25.4. The molecule has 0 amide bonds. The van der Waals surface area contributed by atoms with Crippen molar-refractivity contribution in [3.63, 3.8) is 0 Å². The van der Waals surface area contributed by atoms with E-state index in [9.17, 15) is 14.7 Å². The standard InChI is InChI=1S/C28H48O4/c1-18(2)7-8-19(3)24-11-12-25(28(24,6)15-16-29)23-10-9-21-17-22(32-20(4)30)13-14-27(21,5)26(23)31/h18-19,21-25,29H,7-17H2,1-6H3/t19-,21+,22+,23+,24-,25+,27+,28-/m1/s1. The number of ether oxygens (including phenoxy) is 1. The first kappa shape index (κ1) is 25.7. The lowest BCUT2D eigenvalue weighted by molar-refractivity contribution is -0.158. The third kappa shape index (κ3) is 4.95. The van der Waals surface area contributed by atoms with Crippen molar-refractivity contribution in [2.75, 3.05) is 6.61 Å². The predicted molar refractivity (Wildman–Crippen MR) is 128 cm³/mol. The number of esters is 1. The Morgan fingerprint density at radius 1 is 1.09 bits per heavy atom. The van der Waals surface area contributed by atoms with Gasteiger partial charge in [-0.2, -0.15) is 0 Å². The first-order chi connectivity index (χ1) is 15.0. The highest BCUT2D eigenvalue weighted by Crippen LogP contribution is 2.60. The van der Waals surface area contributed by atoms with Crippen molar-refractivity contribution in [3.05, 3.63) is 0 Å². The molecule has 1 N–H and O–H groups in total. The summed E-state index contributed by atoms with van der Waals surface area (Å²) in [5.41, 5.74) is -0.231. The van der Waals surface area contributed by atoms with E-state index in [1.165, 1.54) is 26.2 Å². The molecule has 0 aromatic heterocycles. The van der Waals surface area contributed by atoms with Gasteiger partial charge in [0.05, 0.1) is 0 Å². The lowest BCUT2D eigenvalue weighted by Crippen LogP contribution is -2.52. The van der Waals surface area contributed by atoms with Crippen LogP contribution in [-0.4, -0.2) is 29.6 Å². The molecule has 0 saturated heterocycles. The molecular formula is C28H48O4. The van der Waals surface area contributed by atoms with Gasteiger partial charge in [-0.3, -0.25) is 9.59 Å². The van der Waals surface area contributed by atoms with E-state index in [-0.39, 0.29) is 35.4 Å². The number of carbonyl (C=O) groups excluding carboxylic acids is 2. The van der Waals surface area contributed by atoms with Gasteiger partial charge in [-0.1, -0.05) is 47.5 Å². The van der Waals surface area contributed by atoms with Crippen molar-refractivity contribution in [1.82, 2.24) is 0 Å². The van der Waals surface area contributed by atoms with E-state index in [2.05, 4.69) is 34.6 Å². The van der Waals surface area contributed by atoms with Gasteiger partial charge in [0.1, 0.15) is 11.9 Å². The zero-order chi connectivity index (χ0) is 23.7. The molecule has 4 nitrogen and oxygen atoms in total. The van der Waals surface area contributed by atoms with Gasteiger partial charge in [0, 0.05) is 24.9 Å². The van der Waals surface area contributed by atoms with Crippen LogP contribution in [0.25, 0.3) is 0 Å². The second kappa shape index (κ2) is 10.2. The molecule has 0 unspecified atom stereocenters. The molecule has 3 fully saturated rings. The molecule has 3 aliphatic carbocycles. The number of hydrogen-bond donors (Lipinski definition) is 1. The zero-order valence-electron chi connectivity index (χ0n) is 21.5. The lowest BCUT2D eigenvalue weighted by atomic mass is 9.52. The number of aliphatic hydroxyl groups excluding tert-OH is 1. The Labute approximate surface area is 196 Å². The average molecular weight is 449 g/mol. The Bertz CT molecular complexity index is 672. The molecular weight excluding hydrogens is 400 g/mol. The number of Topliss-reactive ketones (excluding diaryl/α,β-unsaturated/α-hetero) is 1. The molecule has 0 heterocycles. The normalized spacial score (nSPS) is 40.9. The topological polar surface area (TPSA) is 63.6 Å². The van der Waals surface area contributed by atoms with Gasteiger partial charge in [-0.25, -0.2) is 0 Å². The third-order valence-electron chi connectivity index (χ3n) is 10.00. The summed E-state index contributed by atoms with van der Waals surface area (Å²) in [5, 5.41) is 10.0. The van der Waals surface area contributed by atoms with E-state index in [4.69, 9.17) is 4.74 Å². The number of aliphatic hydroxyl groups is 1. The van der Waals surface area contributed by atoms with Crippen molar-refractivity contribution in [1.29, 1.82) is 0 Å². The molecule has 0 aromatic rings. The SMILES string of the molecule is CC(=O)O[C@H]1CC[C@]2(C)C(=O)[C@H]([C@@H]3CC[C@H]([C@H](C)CCC(C)C)[C@@]3(C)CCO)CC[C@H]2C1. The van der Waals surface area contributed by atoms with E-state index >= 15 is 0 Å². The van der Waals surface area contributed by atoms with Crippen molar-refractivity contribution in [3.8, 4) is 0 Å². The Morgan fingerprint density at radius 3 is 2.44 bits per heavy atom. The Kier molecular flexibility index (Phi) is 8.16. The largest absolute Gasteiger partial charge is 0.463 e. The third-order valence-corrected chi connectivity index (χ3v) is 10.00. The molecule has 184 valence electrons. The van der Waals surface area contributed by atoms with Crippen LogP contribution in [0.4, 0.5) is 0 Å². The van der Waals surface area contributed by atoms with E-state index < -0.39 is 0 Å². The first-order valence-electron chi connectivity index (χ1n) is 13.3. The minimum Gasteiger partial charge on any atom is -0.463 e. The quantitative estimate of drug-likeness (QED) is 0.450. The van der Waals surface area contributed by atoms with Gasteiger partial charge in [-0.05, 0) is 86.4 Å². The summed E-state index contributed by atoms with van der Waals surface area (Å²) in [6.45, 7) is 13.3. The van der Waals surface area contributed by atoms with Crippen molar-refractivity contribution in [2.45, 2.75) is 112 Å². The number of rotatable bonds is 8. The number of carbonyl (C=O) groups is 2. The number of ketones is 1. The van der Waals surface area contributed by atoms with Crippen LogP contribution in [0.1, 0.15) is 106 Å². The molecule has 0 radical (unpaired) electrons. The highest BCUT2D eigenvalue weighted by Gasteiger charge is 2.57. The number of hydrogen-bond acceptors (Lipinski definition) is 4. The fourth-order valence-corrected chi connectivity index (χ4v) is 8.08. The maximum atomic E-state index is 14.0. The monoisotopic (exact) mass is 448 g/mol. The van der Waals surface area contributed by atoms with Crippen molar-refractivity contribution in [2.24, 2.45) is 46.3 Å². The summed E-state index contributed by atoms with van der Waals surface area (Å²) in [7, 11) is 0. The summed E-state index contributed by atoms with van der Waals surface area (Å²) >= 11 is 0. The minimum atomic E-state index is -0.277. The molecule has 0 aliphatic heterocycles. The van der Waals surface area contributed by atoms with E-state index in [0.717, 1.165) is 50.9 Å². The maximum Gasteiger partial charge on any atom is 0.302 e. The summed E-state index contributed by atoms with van der Waals surface area (Å²) in [6, 6.07) is 0. The van der Waals surface area contributed by atoms with Gasteiger partial charge in [0.15, 0.2) is 0 Å². The maximum absolute atomic E-state index is 14.0. The molecule has 4 heteroatoms.